The van der Waals surface area contributed by atoms with Crippen molar-refractivity contribution in [3.63, 3.8) is 0 Å². The van der Waals surface area contributed by atoms with E-state index >= 15 is 0 Å². The Kier molecular flexibility index (Phi) is 5.51. The highest BCUT2D eigenvalue weighted by molar-refractivity contribution is 9.10. The molecule has 19 heavy (non-hydrogen) atoms. The largest absolute Gasteiger partial charge is 0.325 e. The van der Waals surface area contributed by atoms with Gasteiger partial charge >= 0.3 is 0 Å². The molecule has 0 aliphatic rings. The molecule has 5 nitrogen and oxygen atoms in total. The molecule has 1 aromatic rings. The van der Waals surface area contributed by atoms with Gasteiger partial charge in [-0.1, -0.05) is 28.9 Å². The summed E-state index contributed by atoms with van der Waals surface area (Å²) in [5.74, 6) is -0.190. The maximum atomic E-state index is 11.8. The molecule has 0 spiro atoms. The topological polar surface area (TPSA) is 75.3 Å². The first kappa shape index (κ1) is 16.1. The van der Waals surface area contributed by atoms with Crippen LogP contribution in [-0.2, 0) is 14.8 Å². The lowest BCUT2D eigenvalue weighted by Gasteiger charge is -2.12. The lowest BCUT2D eigenvalue weighted by Crippen LogP contribution is -2.23. The van der Waals surface area contributed by atoms with E-state index in [2.05, 4.69) is 26.0 Å². The van der Waals surface area contributed by atoms with E-state index in [9.17, 15) is 13.2 Å². The van der Waals surface area contributed by atoms with Crippen molar-refractivity contribution < 1.29 is 13.2 Å². The van der Waals surface area contributed by atoms with Crippen molar-refractivity contribution >= 4 is 37.5 Å². The van der Waals surface area contributed by atoms with Crippen LogP contribution in [0.1, 0.15) is 18.9 Å². The molecular weight excluding hydrogens is 332 g/mol. The quantitative estimate of drug-likeness (QED) is 0.799. The first-order valence-electron chi connectivity index (χ1n) is 5.81. The second-order valence-corrected chi connectivity index (χ2v) is 7.04. The highest BCUT2D eigenvalue weighted by Crippen LogP contribution is 2.21. The minimum atomic E-state index is -3.51. The van der Waals surface area contributed by atoms with E-state index in [1.165, 1.54) is 19.2 Å². The van der Waals surface area contributed by atoms with Crippen LogP contribution in [0.3, 0.4) is 0 Å². The molecular formula is C12H17BrN2O3S. The van der Waals surface area contributed by atoms with E-state index in [4.69, 9.17) is 0 Å². The number of amides is 1. The van der Waals surface area contributed by atoms with Crippen molar-refractivity contribution in [2.24, 2.45) is 0 Å². The Hall–Kier alpha value is -0.920. The number of anilines is 1. The van der Waals surface area contributed by atoms with Gasteiger partial charge in [-0.05, 0) is 38.1 Å². The highest BCUT2D eigenvalue weighted by atomic mass is 79.9. The van der Waals surface area contributed by atoms with Gasteiger partial charge in [-0.2, -0.15) is 0 Å². The van der Waals surface area contributed by atoms with Gasteiger partial charge in [0, 0.05) is 5.69 Å². The Balaban J connectivity index is 3.09. The number of sulfonamides is 1. The standard InChI is InChI=1S/C12H17BrN2O3S/c1-4-10(13)12(16)15-11-7-9(6-5-8(11)2)19(17,18)14-3/h5-7,10,14H,4H2,1-3H3,(H,15,16). The maximum absolute atomic E-state index is 11.8. The molecule has 2 N–H and O–H groups in total. The van der Waals surface area contributed by atoms with Crippen LogP contribution in [0.5, 0.6) is 0 Å². The third-order valence-corrected chi connectivity index (χ3v) is 5.16. The van der Waals surface area contributed by atoms with E-state index in [0.717, 1.165) is 5.56 Å². The predicted octanol–water partition coefficient (Wildman–Crippen LogP) is 2.02. The fourth-order valence-corrected chi connectivity index (χ4v) is 2.29. The normalized spacial score (nSPS) is 13.1. The lowest BCUT2D eigenvalue weighted by molar-refractivity contribution is -0.115. The molecule has 0 heterocycles. The summed E-state index contributed by atoms with van der Waals surface area (Å²) in [4.78, 5) is 11.6. The summed E-state index contributed by atoms with van der Waals surface area (Å²) in [6.45, 7) is 3.69. The Morgan fingerprint density at radius 2 is 2.05 bits per heavy atom. The number of benzene rings is 1. The van der Waals surface area contributed by atoms with Gasteiger partial charge in [0.15, 0.2) is 0 Å². The van der Waals surface area contributed by atoms with Crippen LogP contribution in [0.4, 0.5) is 5.69 Å². The molecule has 106 valence electrons. The van der Waals surface area contributed by atoms with Crippen molar-refractivity contribution in [2.45, 2.75) is 30.0 Å². The number of alkyl halides is 1. The van der Waals surface area contributed by atoms with Crippen molar-refractivity contribution in [1.82, 2.24) is 4.72 Å². The molecule has 7 heteroatoms. The number of nitrogens with one attached hydrogen (secondary N) is 2. The molecule has 0 aromatic heterocycles. The zero-order valence-corrected chi connectivity index (χ0v) is 13.4. The molecule has 0 aliphatic heterocycles. The lowest BCUT2D eigenvalue weighted by atomic mass is 10.2. The molecule has 0 saturated carbocycles. The van der Waals surface area contributed by atoms with Gasteiger partial charge in [0.2, 0.25) is 15.9 Å². The van der Waals surface area contributed by atoms with Gasteiger partial charge in [0.05, 0.1) is 9.72 Å². The smallest absolute Gasteiger partial charge is 0.240 e. The fourth-order valence-electron chi connectivity index (χ4n) is 1.42. The number of hydrogen-bond acceptors (Lipinski definition) is 3. The Morgan fingerprint density at radius 3 is 2.58 bits per heavy atom. The van der Waals surface area contributed by atoms with E-state index in [-0.39, 0.29) is 15.6 Å². The number of hydrogen-bond donors (Lipinski definition) is 2. The SMILES string of the molecule is CCC(Br)C(=O)Nc1cc(S(=O)(=O)NC)ccc1C. The second kappa shape index (κ2) is 6.49. The van der Waals surface area contributed by atoms with Gasteiger partial charge in [-0.3, -0.25) is 4.79 Å². The first-order valence-corrected chi connectivity index (χ1v) is 8.20. The summed E-state index contributed by atoms with van der Waals surface area (Å²) in [7, 11) is -2.17. The van der Waals surface area contributed by atoms with Crippen molar-refractivity contribution in [1.29, 1.82) is 0 Å². The number of aryl methyl sites for hydroxylation is 1. The Bertz CT molecular complexity index is 572. The van der Waals surface area contributed by atoms with Gasteiger partial charge in [0.1, 0.15) is 0 Å². The summed E-state index contributed by atoms with van der Waals surface area (Å²) in [6.07, 6.45) is 0.652. The van der Waals surface area contributed by atoms with E-state index in [1.54, 1.807) is 13.0 Å². The first-order chi connectivity index (χ1) is 8.81. The van der Waals surface area contributed by atoms with Crippen LogP contribution >= 0.6 is 15.9 Å². The minimum Gasteiger partial charge on any atom is -0.325 e. The van der Waals surface area contributed by atoms with Crippen LogP contribution in [-0.4, -0.2) is 26.2 Å². The number of carbonyl (C=O) groups is 1. The minimum absolute atomic E-state index is 0.124. The van der Waals surface area contributed by atoms with E-state index < -0.39 is 10.0 Å². The molecule has 1 amide bonds. The second-order valence-electron chi connectivity index (χ2n) is 4.05. The highest BCUT2D eigenvalue weighted by Gasteiger charge is 2.16. The molecule has 0 bridgehead atoms. The summed E-state index contributed by atoms with van der Waals surface area (Å²) in [6, 6.07) is 4.62. The van der Waals surface area contributed by atoms with Crippen LogP contribution in [0.15, 0.2) is 23.1 Å². The van der Waals surface area contributed by atoms with Gasteiger partial charge in [0.25, 0.3) is 0 Å². The molecule has 0 radical (unpaired) electrons. The van der Waals surface area contributed by atoms with Crippen LogP contribution in [0.25, 0.3) is 0 Å². The molecule has 0 saturated heterocycles. The molecule has 1 rings (SSSR count). The van der Waals surface area contributed by atoms with Gasteiger partial charge < -0.3 is 5.32 Å². The maximum Gasteiger partial charge on any atom is 0.240 e. The average molecular weight is 349 g/mol. The van der Waals surface area contributed by atoms with Crippen LogP contribution in [0, 0.1) is 6.92 Å². The van der Waals surface area contributed by atoms with Crippen molar-refractivity contribution in [3.05, 3.63) is 23.8 Å². The predicted molar refractivity (Wildman–Crippen MR) is 79.1 cm³/mol. The summed E-state index contributed by atoms with van der Waals surface area (Å²) in [5.41, 5.74) is 1.30. The van der Waals surface area contributed by atoms with Gasteiger partial charge in [-0.15, -0.1) is 0 Å². The third kappa shape index (κ3) is 4.02. The number of carbonyl (C=O) groups excluding carboxylic acids is 1. The summed E-state index contributed by atoms with van der Waals surface area (Å²) >= 11 is 3.25. The molecule has 1 atom stereocenters. The summed E-state index contributed by atoms with van der Waals surface area (Å²) < 4.78 is 25.7. The average Bonchev–Trinajstić information content (AvgIpc) is 2.39. The van der Waals surface area contributed by atoms with Crippen molar-refractivity contribution in [3.8, 4) is 0 Å². The van der Waals surface area contributed by atoms with Crippen LogP contribution in [0.2, 0.25) is 0 Å². The number of halogens is 1. The molecule has 0 fully saturated rings. The molecule has 0 aliphatic carbocycles. The Morgan fingerprint density at radius 1 is 1.42 bits per heavy atom. The fraction of sp³-hybridized carbons (Fsp3) is 0.417. The van der Waals surface area contributed by atoms with Crippen molar-refractivity contribution in [2.75, 3.05) is 12.4 Å². The summed E-state index contributed by atoms with van der Waals surface area (Å²) in [5, 5.41) is 2.72. The Labute approximate surface area is 122 Å². The molecule has 1 unspecified atom stereocenters. The van der Waals surface area contributed by atoms with Gasteiger partial charge in [-0.25, -0.2) is 13.1 Å². The zero-order valence-electron chi connectivity index (χ0n) is 11.0. The third-order valence-electron chi connectivity index (χ3n) is 2.69. The van der Waals surface area contributed by atoms with E-state index in [0.29, 0.717) is 12.1 Å². The monoisotopic (exact) mass is 348 g/mol. The number of rotatable bonds is 5. The molecule has 1 aromatic carbocycles. The zero-order chi connectivity index (χ0) is 14.6. The van der Waals surface area contributed by atoms with E-state index in [1.807, 2.05) is 6.92 Å². The van der Waals surface area contributed by atoms with Crippen LogP contribution < -0.4 is 10.0 Å².